The molecule has 1 aromatic heterocycles. The van der Waals surface area contributed by atoms with E-state index in [2.05, 4.69) is 20.6 Å². The number of alkyl halides is 3. The van der Waals surface area contributed by atoms with Gasteiger partial charge in [-0.15, -0.1) is 0 Å². The molecule has 0 amide bonds. The number of halogens is 3. The van der Waals surface area contributed by atoms with E-state index in [0.29, 0.717) is 29.9 Å². The molecule has 11 heteroatoms. The molecule has 0 saturated heterocycles. The van der Waals surface area contributed by atoms with Gasteiger partial charge in [0.25, 0.3) is 5.69 Å². The SMILES string of the molecule is CC(C)COc1ccccc1Nc1nc(Nc2ccc([N+](=O)[O-])cc2)ncc1C(F)(F)F. The van der Waals surface area contributed by atoms with Crippen molar-refractivity contribution < 1.29 is 22.8 Å². The Hall–Kier alpha value is -3.89. The van der Waals surface area contributed by atoms with Crippen molar-refractivity contribution in [1.82, 2.24) is 9.97 Å². The van der Waals surface area contributed by atoms with E-state index in [0.717, 1.165) is 0 Å². The highest BCUT2D eigenvalue weighted by molar-refractivity contribution is 5.67. The molecule has 2 aromatic carbocycles. The van der Waals surface area contributed by atoms with Gasteiger partial charge in [-0.3, -0.25) is 10.1 Å². The van der Waals surface area contributed by atoms with Gasteiger partial charge in [0.1, 0.15) is 17.1 Å². The number of para-hydroxylation sites is 2. The fraction of sp³-hybridized carbons (Fsp3) is 0.238. The molecule has 32 heavy (non-hydrogen) atoms. The van der Waals surface area contributed by atoms with Crippen LogP contribution < -0.4 is 15.4 Å². The Morgan fingerprint density at radius 3 is 2.41 bits per heavy atom. The number of aromatic nitrogens is 2. The van der Waals surface area contributed by atoms with E-state index in [1.165, 1.54) is 24.3 Å². The van der Waals surface area contributed by atoms with Crippen molar-refractivity contribution >= 4 is 28.8 Å². The molecule has 0 atom stereocenters. The maximum atomic E-state index is 13.5. The summed E-state index contributed by atoms with van der Waals surface area (Å²) in [6.45, 7) is 4.30. The van der Waals surface area contributed by atoms with E-state index in [1.807, 2.05) is 13.8 Å². The zero-order valence-corrected chi connectivity index (χ0v) is 17.2. The molecule has 0 aliphatic rings. The van der Waals surface area contributed by atoms with Crippen LogP contribution in [0.5, 0.6) is 5.75 Å². The lowest BCUT2D eigenvalue weighted by Gasteiger charge is -2.17. The summed E-state index contributed by atoms with van der Waals surface area (Å²) in [4.78, 5) is 17.9. The van der Waals surface area contributed by atoms with Gasteiger partial charge in [-0.25, -0.2) is 4.98 Å². The zero-order valence-electron chi connectivity index (χ0n) is 17.2. The molecule has 0 spiro atoms. The Kier molecular flexibility index (Phi) is 6.76. The van der Waals surface area contributed by atoms with Crippen LogP contribution in [0.1, 0.15) is 19.4 Å². The molecule has 0 saturated carbocycles. The largest absolute Gasteiger partial charge is 0.491 e. The Bertz CT molecular complexity index is 1090. The number of nitrogens with zero attached hydrogens (tertiary/aromatic N) is 3. The number of rotatable bonds is 8. The molecular weight excluding hydrogens is 427 g/mol. The number of benzene rings is 2. The second-order valence-corrected chi connectivity index (χ2v) is 7.21. The van der Waals surface area contributed by atoms with Crippen LogP contribution in [0.15, 0.2) is 54.7 Å². The molecule has 168 valence electrons. The second-order valence-electron chi connectivity index (χ2n) is 7.21. The molecule has 3 rings (SSSR count). The van der Waals surface area contributed by atoms with Crippen molar-refractivity contribution in [1.29, 1.82) is 0 Å². The normalized spacial score (nSPS) is 11.3. The van der Waals surface area contributed by atoms with Crippen molar-refractivity contribution in [3.05, 3.63) is 70.4 Å². The van der Waals surface area contributed by atoms with Gasteiger partial charge in [-0.1, -0.05) is 26.0 Å². The lowest BCUT2D eigenvalue weighted by molar-refractivity contribution is -0.384. The van der Waals surface area contributed by atoms with E-state index in [4.69, 9.17) is 4.74 Å². The molecule has 0 radical (unpaired) electrons. The summed E-state index contributed by atoms with van der Waals surface area (Å²) in [7, 11) is 0. The third-order valence-corrected chi connectivity index (χ3v) is 4.14. The topological polar surface area (TPSA) is 102 Å². The van der Waals surface area contributed by atoms with Gasteiger partial charge in [-0.2, -0.15) is 18.2 Å². The number of hydrogen-bond donors (Lipinski definition) is 2. The number of hydrogen-bond acceptors (Lipinski definition) is 7. The number of ether oxygens (including phenoxy) is 1. The second kappa shape index (κ2) is 9.50. The van der Waals surface area contributed by atoms with Gasteiger partial charge >= 0.3 is 6.18 Å². The molecule has 3 aromatic rings. The molecule has 8 nitrogen and oxygen atoms in total. The summed E-state index contributed by atoms with van der Waals surface area (Å²) in [6.07, 6.45) is -4.03. The van der Waals surface area contributed by atoms with Gasteiger partial charge in [0.05, 0.1) is 17.2 Å². The monoisotopic (exact) mass is 447 g/mol. The maximum Gasteiger partial charge on any atom is 0.421 e. The van der Waals surface area contributed by atoms with Crippen LogP contribution in [0.4, 0.5) is 42.0 Å². The lowest BCUT2D eigenvalue weighted by Crippen LogP contribution is -2.13. The van der Waals surface area contributed by atoms with Crippen LogP contribution in [0, 0.1) is 16.0 Å². The molecule has 0 aliphatic heterocycles. The Balaban J connectivity index is 1.91. The first-order chi connectivity index (χ1) is 15.1. The zero-order chi connectivity index (χ0) is 23.3. The van der Waals surface area contributed by atoms with Crippen molar-refractivity contribution in [3.63, 3.8) is 0 Å². The molecule has 0 fully saturated rings. The maximum absolute atomic E-state index is 13.5. The third kappa shape index (κ3) is 5.84. The van der Waals surface area contributed by atoms with Crippen molar-refractivity contribution in [2.45, 2.75) is 20.0 Å². The van der Waals surface area contributed by atoms with Crippen LogP contribution in [0.25, 0.3) is 0 Å². The van der Waals surface area contributed by atoms with Gasteiger partial charge < -0.3 is 15.4 Å². The number of anilines is 4. The van der Waals surface area contributed by atoms with Crippen molar-refractivity contribution in [2.75, 3.05) is 17.2 Å². The average molecular weight is 447 g/mol. The van der Waals surface area contributed by atoms with Crippen LogP contribution in [-0.2, 0) is 6.18 Å². The van der Waals surface area contributed by atoms with Gasteiger partial charge in [-0.05, 0) is 30.2 Å². The first-order valence-electron chi connectivity index (χ1n) is 9.58. The fourth-order valence-electron chi connectivity index (χ4n) is 2.62. The van der Waals surface area contributed by atoms with Gasteiger partial charge in [0.2, 0.25) is 5.95 Å². The van der Waals surface area contributed by atoms with E-state index < -0.39 is 22.5 Å². The Morgan fingerprint density at radius 1 is 1.09 bits per heavy atom. The van der Waals surface area contributed by atoms with E-state index in [1.54, 1.807) is 24.3 Å². The predicted octanol–water partition coefficient (Wildman–Crippen LogP) is 5.93. The highest BCUT2D eigenvalue weighted by atomic mass is 19.4. The Labute approximate surface area is 181 Å². The molecule has 1 heterocycles. The minimum Gasteiger partial charge on any atom is -0.491 e. The quantitative estimate of drug-likeness (QED) is 0.326. The molecular formula is C21H20F3N5O3. The van der Waals surface area contributed by atoms with E-state index in [-0.39, 0.29) is 17.6 Å². The summed E-state index contributed by atoms with van der Waals surface area (Å²) in [5.41, 5.74) is -0.477. The van der Waals surface area contributed by atoms with Crippen LogP contribution in [0.3, 0.4) is 0 Å². The van der Waals surface area contributed by atoms with Crippen LogP contribution >= 0.6 is 0 Å². The standard InChI is InChI=1S/C21H20F3N5O3/c1-13(2)12-32-18-6-4-3-5-17(18)27-19-16(21(22,23)24)11-25-20(28-19)26-14-7-9-15(10-8-14)29(30)31/h3-11,13H,12H2,1-2H3,(H2,25,26,27,28). The number of nitro benzene ring substituents is 1. The highest BCUT2D eigenvalue weighted by Crippen LogP contribution is 2.37. The molecule has 0 unspecified atom stereocenters. The fourth-order valence-corrected chi connectivity index (χ4v) is 2.62. The van der Waals surface area contributed by atoms with Gasteiger partial charge in [0.15, 0.2) is 0 Å². The smallest absolute Gasteiger partial charge is 0.421 e. The minimum absolute atomic E-state index is 0.116. The number of nitro groups is 1. The lowest BCUT2D eigenvalue weighted by atomic mass is 10.2. The van der Waals surface area contributed by atoms with Crippen molar-refractivity contribution in [3.8, 4) is 5.75 Å². The van der Waals surface area contributed by atoms with Gasteiger partial charge in [0, 0.05) is 24.0 Å². The predicted molar refractivity (Wildman–Crippen MR) is 113 cm³/mol. The minimum atomic E-state index is -4.69. The number of non-ortho nitro benzene ring substituents is 1. The summed E-state index contributed by atoms with van der Waals surface area (Å²) in [5.74, 6) is 0.0376. The average Bonchev–Trinajstić information content (AvgIpc) is 2.73. The summed E-state index contributed by atoms with van der Waals surface area (Å²) >= 11 is 0. The first kappa shape index (κ1) is 22.8. The van der Waals surface area contributed by atoms with Crippen molar-refractivity contribution in [2.24, 2.45) is 5.92 Å². The summed E-state index contributed by atoms with van der Waals surface area (Å²) in [6, 6.07) is 11.9. The summed E-state index contributed by atoms with van der Waals surface area (Å²) < 4.78 is 46.3. The number of nitrogens with one attached hydrogen (secondary N) is 2. The van der Waals surface area contributed by atoms with Crippen LogP contribution in [-0.4, -0.2) is 21.5 Å². The van der Waals surface area contributed by atoms with Crippen LogP contribution in [0.2, 0.25) is 0 Å². The molecule has 2 N–H and O–H groups in total. The first-order valence-corrected chi connectivity index (χ1v) is 9.58. The molecule has 0 aliphatic carbocycles. The molecule has 0 bridgehead atoms. The third-order valence-electron chi connectivity index (χ3n) is 4.14. The van der Waals surface area contributed by atoms with E-state index in [9.17, 15) is 23.3 Å². The van der Waals surface area contributed by atoms with E-state index >= 15 is 0 Å². The highest BCUT2D eigenvalue weighted by Gasteiger charge is 2.35. The summed E-state index contributed by atoms with van der Waals surface area (Å²) in [5, 5.41) is 16.2. The Morgan fingerprint density at radius 2 is 1.78 bits per heavy atom.